The van der Waals surface area contributed by atoms with Gasteiger partial charge < -0.3 is 20.1 Å². The average molecular weight is 537 g/mol. The Balaban J connectivity index is 1.91. The smallest absolute Gasteiger partial charge is 0.261 e. The number of rotatable bonds is 14. The summed E-state index contributed by atoms with van der Waals surface area (Å²) in [5.74, 6) is -0.331. The number of unbranched alkanes of at least 4 members (excludes halogenated alkanes) is 1. The fourth-order valence-corrected chi connectivity index (χ4v) is 4.28. The molecule has 12 nitrogen and oxygen atoms in total. The van der Waals surface area contributed by atoms with Crippen LogP contribution in [-0.2, 0) is 19.6 Å². The van der Waals surface area contributed by atoms with Gasteiger partial charge in [0.1, 0.15) is 23.4 Å². The van der Waals surface area contributed by atoms with E-state index < -0.39 is 27.8 Å². The van der Waals surface area contributed by atoms with Gasteiger partial charge in [-0.25, -0.2) is 18.3 Å². The van der Waals surface area contributed by atoms with Gasteiger partial charge in [0.05, 0.1) is 11.5 Å². The summed E-state index contributed by atoms with van der Waals surface area (Å²) in [6.07, 6.45) is 2.71. The Morgan fingerprint density at radius 3 is 2.30 bits per heavy atom. The molecule has 5 N–H and O–H groups in total. The molecule has 0 spiro atoms. The first-order valence-electron chi connectivity index (χ1n) is 11.2. The zero-order valence-corrected chi connectivity index (χ0v) is 20.9. The van der Waals surface area contributed by atoms with Crippen molar-refractivity contribution < 1.29 is 32.3 Å². The number of nitrogens with zero attached hydrogens (tertiary/aromatic N) is 2. The van der Waals surface area contributed by atoms with Crippen LogP contribution >= 0.6 is 0 Å². The van der Waals surface area contributed by atoms with Gasteiger partial charge in [-0.1, -0.05) is 0 Å². The van der Waals surface area contributed by atoms with Crippen LogP contribution in [0.3, 0.4) is 0 Å². The minimum Gasteiger partial charge on any atom is -0.457 e. The maximum absolute atomic E-state index is 13.0. The summed E-state index contributed by atoms with van der Waals surface area (Å²) in [7, 11) is -2.56. The fourth-order valence-electron chi connectivity index (χ4n) is 3.05. The van der Waals surface area contributed by atoms with Gasteiger partial charge in [-0.2, -0.15) is 9.98 Å². The van der Waals surface area contributed by atoms with E-state index in [1.165, 1.54) is 54.0 Å². The van der Waals surface area contributed by atoms with Gasteiger partial charge in [0, 0.05) is 20.2 Å². The molecular weight excluding hydrogens is 507 g/mol. The van der Waals surface area contributed by atoms with Crippen LogP contribution in [0.5, 0.6) is 11.5 Å². The summed E-state index contributed by atoms with van der Waals surface area (Å²) in [5.41, 5.74) is 1.48. The molecule has 37 heavy (non-hydrogen) atoms. The van der Waals surface area contributed by atoms with E-state index in [9.17, 15) is 17.6 Å². The molecule has 0 aliphatic rings. The highest BCUT2D eigenvalue weighted by Gasteiger charge is 2.25. The minimum atomic E-state index is -4.11. The number of ether oxygens (including phenoxy) is 2. The second-order valence-corrected chi connectivity index (χ2v) is 9.29. The number of halogens is 1. The largest absolute Gasteiger partial charge is 0.457 e. The van der Waals surface area contributed by atoms with Gasteiger partial charge in [0.25, 0.3) is 5.91 Å². The number of benzene rings is 2. The lowest BCUT2D eigenvalue weighted by molar-refractivity contribution is -0.131. The van der Waals surface area contributed by atoms with Crippen LogP contribution in [0, 0.1) is 17.3 Å². The second-order valence-electron chi connectivity index (χ2n) is 7.58. The molecule has 0 aliphatic heterocycles. The molecule has 0 unspecified atom stereocenters. The quantitative estimate of drug-likeness (QED) is 0.0600. The van der Waals surface area contributed by atoms with E-state index in [1.807, 2.05) is 0 Å². The first kappa shape index (κ1) is 29.5. The average Bonchev–Trinajstić information content (AvgIpc) is 2.89. The highest BCUT2D eigenvalue weighted by molar-refractivity contribution is 7.89. The Hall–Kier alpha value is -3.77. The maximum atomic E-state index is 13.0. The Labute approximate surface area is 214 Å². The zero-order valence-electron chi connectivity index (χ0n) is 20.1. The van der Waals surface area contributed by atoms with Crippen molar-refractivity contribution in [3.8, 4) is 17.7 Å². The van der Waals surface area contributed by atoms with Gasteiger partial charge >= 0.3 is 0 Å². The van der Waals surface area contributed by atoms with Crippen molar-refractivity contribution in [2.45, 2.75) is 30.2 Å². The number of methoxy groups -OCH3 is 1. The predicted octanol–water partition coefficient (Wildman–Crippen LogP) is 1.60. The number of nitrogens with one attached hydrogen (secondary N) is 4. The number of carbonyl (C=O) groups is 1. The normalized spacial score (nSPS) is 12.3. The van der Waals surface area contributed by atoms with E-state index in [4.69, 9.17) is 19.9 Å². The maximum Gasteiger partial charge on any atom is 0.261 e. The number of hydroxylamine groups is 1. The van der Waals surface area contributed by atoms with E-state index in [-0.39, 0.29) is 17.3 Å². The Bertz CT molecular complexity index is 1170. The molecule has 1 amide bonds. The SMILES string of the molecule is COCCN/C(=N\C#N)NCCCC[C@@H](NS(=O)(=O)c1ccc(Oc2ccc(F)cc2)cc1)C(=O)NO. The van der Waals surface area contributed by atoms with Crippen LogP contribution in [0.15, 0.2) is 58.4 Å². The predicted molar refractivity (Wildman–Crippen MR) is 132 cm³/mol. The summed E-state index contributed by atoms with van der Waals surface area (Å²) in [6.45, 7) is 1.27. The molecule has 0 bridgehead atoms. The molecule has 0 radical (unpaired) electrons. The third-order valence-corrected chi connectivity index (χ3v) is 6.37. The lowest BCUT2D eigenvalue weighted by Crippen LogP contribution is -2.45. The monoisotopic (exact) mass is 536 g/mol. The topological polar surface area (TPSA) is 174 Å². The molecule has 2 aromatic rings. The van der Waals surface area contributed by atoms with Crippen molar-refractivity contribution >= 4 is 21.9 Å². The lowest BCUT2D eigenvalue weighted by Gasteiger charge is -2.17. The van der Waals surface area contributed by atoms with Crippen LogP contribution in [0.4, 0.5) is 4.39 Å². The van der Waals surface area contributed by atoms with Crippen molar-refractivity contribution in [3.05, 3.63) is 54.3 Å². The number of hydrogen-bond donors (Lipinski definition) is 5. The van der Waals surface area contributed by atoms with E-state index >= 15 is 0 Å². The number of hydrogen-bond acceptors (Lipinski definition) is 8. The molecule has 2 rings (SSSR count). The number of amides is 1. The van der Waals surface area contributed by atoms with E-state index in [0.29, 0.717) is 44.0 Å². The first-order chi connectivity index (χ1) is 17.8. The number of sulfonamides is 1. The van der Waals surface area contributed by atoms with Crippen LogP contribution in [0.2, 0.25) is 0 Å². The standard InChI is InChI=1S/C23H29FN6O6S/c1-35-15-14-27-23(28-16-25)26-13-3-2-4-21(22(31)29-32)30-37(33,34)20-11-9-19(10-12-20)36-18-7-5-17(24)6-8-18/h5-12,21,30,32H,2-4,13-15H2,1H3,(H,29,31)(H2,26,27,28)/t21-/m1/s1. The molecule has 0 saturated carbocycles. The molecule has 0 fully saturated rings. The van der Waals surface area contributed by atoms with Gasteiger partial charge in [-0.15, -0.1) is 4.99 Å². The zero-order chi connectivity index (χ0) is 27.1. The molecule has 0 saturated heterocycles. The Morgan fingerprint density at radius 1 is 1.08 bits per heavy atom. The summed E-state index contributed by atoms with van der Waals surface area (Å²) < 4.78 is 51.4. The van der Waals surface area contributed by atoms with Gasteiger partial charge in [-0.05, 0) is 67.8 Å². The number of nitriles is 1. The molecule has 0 heterocycles. The number of carbonyl (C=O) groups excluding carboxylic acids is 1. The van der Waals surface area contributed by atoms with Gasteiger partial charge in [-0.3, -0.25) is 10.0 Å². The van der Waals surface area contributed by atoms with Gasteiger partial charge in [0.2, 0.25) is 22.2 Å². The molecule has 14 heteroatoms. The highest BCUT2D eigenvalue weighted by atomic mass is 32.2. The summed E-state index contributed by atoms with van der Waals surface area (Å²) in [5, 5.41) is 23.6. The Morgan fingerprint density at radius 2 is 1.70 bits per heavy atom. The van der Waals surface area contributed by atoms with Crippen molar-refractivity contribution in [1.82, 2.24) is 20.8 Å². The van der Waals surface area contributed by atoms with Crippen LogP contribution in [-0.4, -0.2) is 58.3 Å². The molecular formula is C23H29FN6O6S. The summed E-state index contributed by atoms with van der Waals surface area (Å²) >= 11 is 0. The first-order valence-corrected chi connectivity index (χ1v) is 12.7. The van der Waals surface area contributed by atoms with Crippen molar-refractivity contribution in [2.24, 2.45) is 4.99 Å². The molecule has 0 aromatic heterocycles. The van der Waals surface area contributed by atoms with E-state index in [1.54, 1.807) is 13.3 Å². The minimum absolute atomic E-state index is 0.0981. The molecule has 2 aromatic carbocycles. The lowest BCUT2D eigenvalue weighted by atomic mass is 10.1. The van der Waals surface area contributed by atoms with Crippen LogP contribution in [0.25, 0.3) is 0 Å². The third kappa shape index (κ3) is 10.4. The van der Waals surface area contributed by atoms with Crippen molar-refractivity contribution in [1.29, 1.82) is 5.26 Å². The van der Waals surface area contributed by atoms with Crippen molar-refractivity contribution in [2.75, 3.05) is 26.8 Å². The molecule has 0 aliphatic carbocycles. The number of aliphatic imine (C=N–C) groups is 1. The van der Waals surface area contributed by atoms with Crippen LogP contribution in [0.1, 0.15) is 19.3 Å². The summed E-state index contributed by atoms with van der Waals surface area (Å²) in [4.78, 5) is 15.6. The third-order valence-electron chi connectivity index (χ3n) is 4.88. The Kier molecular flexibility index (Phi) is 12.2. The van der Waals surface area contributed by atoms with E-state index in [0.717, 1.165) is 0 Å². The van der Waals surface area contributed by atoms with E-state index in [2.05, 4.69) is 20.3 Å². The highest BCUT2D eigenvalue weighted by Crippen LogP contribution is 2.23. The second kappa shape index (κ2) is 15.4. The summed E-state index contributed by atoms with van der Waals surface area (Å²) in [6, 6.07) is 9.55. The fraction of sp³-hybridized carbons (Fsp3) is 0.348. The van der Waals surface area contributed by atoms with Crippen molar-refractivity contribution in [3.63, 3.8) is 0 Å². The number of guanidine groups is 1. The molecule has 200 valence electrons. The molecule has 1 atom stereocenters. The van der Waals surface area contributed by atoms with Crippen LogP contribution < -0.4 is 25.6 Å². The van der Waals surface area contributed by atoms with Gasteiger partial charge in [0.15, 0.2) is 0 Å².